The van der Waals surface area contributed by atoms with Crippen LogP contribution in [0.3, 0.4) is 0 Å². The van der Waals surface area contributed by atoms with Gasteiger partial charge >= 0.3 is 10.2 Å². The SMILES string of the molecule is CCc1ccc([C@@H]2NS(=O)(=O)N=C3CCCCCN32)cc1. The van der Waals surface area contributed by atoms with Crippen LogP contribution in [0.4, 0.5) is 0 Å². The molecular formula is C15H21N3O2S. The summed E-state index contributed by atoms with van der Waals surface area (Å²) in [5.41, 5.74) is 2.23. The van der Waals surface area contributed by atoms with Gasteiger partial charge in [-0.25, -0.2) is 0 Å². The highest BCUT2D eigenvalue weighted by molar-refractivity contribution is 7.88. The third-order valence-electron chi connectivity index (χ3n) is 4.13. The number of hydrogen-bond donors (Lipinski definition) is 1. The van der Waals surface area contributed by atoms with Crippen LogP contribution in [0.2, 0.25) is 0 Å². The van der Waals surface area contributed by atoms with Crippen molar-refractivity contribution < 1.29 is 8.42 Å². The predicted octanol–water partition coefficient (Wildman–Crippen LogP) is 2.37. The standard InChI is InChI=1S/C15H21N3O2S/c1-2-12-7-9-13(10-8-12)15-17-21(19,20)16-14-6-4-3-5-11-18(14)15/h7-10,15,17H,2-6,11H2,1H3/t15-/m1/s1. The number of rotatable bonds is 2. The highest BCUT2D eigenvalue weighted by Gasteiger charge is 2.33. The first kappa shape index (κ1) is 14.5. The van der Waals surface area contributed by atoms with Gasteiger partial charge in [-0.15, -0.1) is 4.40 Å². The van der Waals surface area contributed by atoms with E-state index in [1.807, 2.05) is 12.1 Å². The lowest BCUT2D eigenvalue weighted by molar-refractivity contribution is 0.291. The normalized spacial score (nSPS) is 24.9. The molecule has 0 unspecified atom stereocenters. The van der Waals surface area contributed by atoms with Gasteiger partial charge in [0.25, 0.3) is 0 Å². The molecule has 3 rings (SSSR count). The van der Waals surface area contributed by atoms with Gasteiger partial charge in [0.05, 0.1) is 0 Å². The van der Waals surface area contributed by atoms with Gasteiger partial charge in [-0.05, 0) is 30.4 Å². The summed E-state index contributed by atoms with van der Waals surface area (Å²) in [6, 6.07) is 8.15. The molecule has 2 aliphatic heterocycles. The van der Waals surface area contributed by atoms with Gasteiger partial charge in [-0.1, -0.05) is 37.6 Å². The first-order valence-corrected chi connectivity index (χ1v) is 8.99. The Morgan fingerprint density at radius 2 is 2.00 bits per heavy atom. The fraction of sp³-hybridized carbons (Fsp3) is 0.533. The van der Waals surface area contributed by atoms with Crippen LogP contribution in [0.15, 0.2) is 28.7 Å². The summed E-state index contributed by atoms with van der Waals surface area (Å²) in [4.78, 5) is 2.11. The van der Waals surface area contributed by atoms with E-state index in [0.717, 1.165) is 44.2 Å². The molecule has 0 aromatic heterocycles. The average Bonchev–Trinajstić information content (AvgIpc) is 2.70. The Morgan fingerprint density at radius 3 is 2.71 bits per heavy atom. The first-order chi connectivity index (χ1) is 10.1. The maximum Gasteiger partial charge on any atom is 0.323 e. The Kier molecular flexibility index (Phi) is 3.99. The molecule has 0 aliphatic carbocycles. The van der Waals surface area contributed by atoms with E-state index in [-0.39, 0.29) is 6.17 Å². The Bertz CT molecular complexity index is 637. The molecule has 2 aliphatic rings. The second kappa shape index (κ2) is 5.77. The minimum atomic E-state index is -3.59. The summed E-state index contributed by atoms with van der Waals surface area (Å²) in [5, 5.41) is 0. The molecule has 1 N–H and O–H groups in total. The molecule has 0 saturated carbocycles. The third-order valence-corrected chi connectivity index (χ3v) is 5.10. The summed E-state index contributed by atoms with van der Waals surface area (Å²) in [5.74, 6) is 0.704. The van der Waals surface area contributed by atoms with Crippen molar-refractivity contribution in [3.63, 3.8) is 0 Å². The Labute approximate surface area is 126 Å². The quantitative estimate of drug-likeness (QED) is 0.912. The molecule has 0 radical (unpaired) electrons. The molecule has 5 nitrogen and oxygen atoms in total. The van der Waals surface area contributed by atoms with E-state index >= 15 is 0 Å². The maximum absolute atomic E-state index is 12.0. The van der Waals surface area contributed by atoms with E-state index in [2.05, 4.69) is 33.1 Å². The van der Waals surface area contributed by atoms with Crippen molar-refractivity contribution >= 4 is 16.0 Å². The molecule has 1 aromatic carbocycles. The summed E-state index contributed by atoms with van der Waals surface area (Å²) in [6.07, 6.45) is 4.59. The number of nitrogens with one attached hydrogen (secondary N) is 1. The highest BCUT2D eigenvalue weighted by atomic mass is 32.2. The van der Waals surface area contributed by atoms with Crippen molar-refractivity contribution in [3.05, 3.63) is 35.4 Å². The van der Waals surface area contributed by atoms with Crippen LogP contribution in [-0.4, -0.2) is 25.7 Å². The minimum absolute atomic E-state index is 0.327. The zero-order chi connectivity index (χ0) is 14.9. The molecule has 114 valence electrons. The molecule has 1 aromatic rings. The van der Waals surface area contributed by atoms with Crippen LogP contribution < -0.4 is 4.72 Å². The van der Waals surface area contributed by atoms with E-state index in [1.54, 1.807) is 0 Å². The first-order valence-electron chi connectivity index (χ1n) is 7.55. The molecule has 0 amide bonds. The van der Waals surface area contributed by atoms with E-state index in [4.69, 9.17) is 0 Å². The Hall–Kier alpha value is -1.40. The van der Waals surface area contributed by atoms with Crippen molar-refractivity contribution in [3.8, 4) is 0 Å². The lowest BCUT2D eigenvalue weighted by Gasteiger charge is -2.36. The van der Waals surface area contributed by atoms with Crippen molar-refractivity contribution in [1.29, 1.82) is 0 Å². The van der Waals surface area contributed by atoms with Crippen molar-refractivity contribution in [1.82, 2.24) is 9.62 Å². The molecular weight excluding hydrogens is 286 g/mol. The predicted molar refractivity (Wildman–Crippen MR) is 83.2 cm³/mol. The highest BCUT2D eigenvalue weighted by Crippen LogP contribution is 2.28. The van der Waals surface area contributed by atoms with Crippen LogP contribution >= 0.6 is 0 Å². The van der Waals surface area contributed by atoms with Crippen LogP contribution in [0, 0.1) is 0 Å². The van der Waals surface area contributed by atoms with E-state index in [1.165, 1.54) is 5.56 Å². The zero-order valence-corrected chi connectivity index (χ0v) is 13.1. The molecule has 1 atom stereocenters. The summed E-state index contributed by atoms with van der Waals surface area (Å²) in [6.45, 7) is 2.96. The Morgan fingerprint density at radius 1 is 1.24 bits per heavy atom. The van der Waals surface area contributed by atoms with Crippen molar-refractivity contribution in [2.75, 3.05) is 6.54 Å². The van der Waals surface area contributed by atoms with Gasteiger partial charge in [-0.3, -0.25) is 0 Å². The number of amidine groups is 1. The van der Waals surface area contributed by atoms with E-state index < -0.39 is 10.2 Å². The van der Waals surface area contributed by atoms with Crippen LogP contribution in [-0.2, 0) is 16.6 Å². The molecule has 1 saturated heterocycles. The number of nitrogens with zero attached hydrogens (tertiary/aromatic N) is 2. The molecule has 0 bridgehead atoms. The second-order valence-corrected chi connectivity index (χ2v) is 6.97. The lowest BCUT2D eigenvalue weighted by atomic mass is 10.1. The molecule has 21 heavy (non-hydrogen) atoms. The van der Waals surface area contributed by atoms with Crippen LogP contribution in [0.25, 0.3) is 0 Å². The summed E-state index contributed by atoms with van der Waals surface area (Å²) >= 11 is 0. The number of benzene rings is 1. The van der Waals surface area contributed by atoms with Crippen LogP contribution in [0.5, 0.6) is 0 Å². The van der Waals surface area contributed by atoms with Gasteiger partial charge in [-0.2, -0.15) is 13.1 Å². The van der Waals surface area contributed by atoms with Gasteiger partial charge in [0, 0.05) is 13.0 Å². The van der Waals surface area contributed by atoms with Crippen LogP contribution in [0.1, 0.15) is 49.9 Å². The maximum atomic E-state index is 12.0. The molecule has 2 heterocycles. The number of hydrogen-bond acceptors (Lipinski definition) is 3. The fourth-order valence-corrected chi connectivity index (χ4v) is 4.02. The van der Waals surface area contributed by atoms with E-state index in [9.17, 15) is 8.42 Å². The minimum Gasteiger partial charge on any atom is -0.339 e. The number of aryl methyl sites for hydroxylation is 1. The smallest absolute Gasteiger partial charge is 0.323 e. The summed E-state index contributed by atoms with van der Waals surface area (Å²) < 4.78 is 30.6. The molecule has 1 fully saturated rings. The lowest BCUT2D eigenvalue weighted by Crippen LogP contribution is -2.48. The molecule has 0 spiro atoms. The van der Waals surface area contributed by atoms with Gasteiger partial charge in [0.1, 0.15) is 12.0 Å². The zero-order valence-electron chi connectivity index (χ0n) is 12.2. The molecule has 6 heteroatoms. The van der Waals surface area contributed by atoms with Gasteiger partial charge < -0.3 is 4.90 Å². The van der Waals surface area contributed by atoms with Crippen molar-refractivity contribution in [2.24, 2.45) is 4.40 Å². The Balaban J connectivity index is 1.97. The largest absolute Gasteiger partial charge is 0.339 e. The van der Waals surface area contributed by atoms with Crippen molar-refractivity contribution in [2.45, 2.75) is 45.2 Å². The van der Waals surface area contributed by atoms with Gasteiger partial charge in [0.2, 0.25) is 0 Å². The van der Waals surface area contributed by atoms with Gasteiger partial charge in [0.15, 0.2) is 0 Å². The third kappa shape index (κ3) is 3.11. The second-order valence-electron chi connectivity index (χ2n) is 5.60. The fourth-order valence-electron chi connectivity index (χ4n) is 2.94. The average molecular weight is 307 g/mol. The number of fused-ring (bicyclic) bond motifs is 1. The monoisotopic (exact) mass is 307 g/mol. The van der Waals surface area contributed by atoms with E-state index in [0.29, 0.717) is 5.84 Å². The topological polar surface area (TPSA) is 61.8 Å². The summed E-state index contributed by atoms with van der Waals surface area (Å²) in [7, 11) is -3.59.